The molecule has 3 rings (SSSR count). The van der Waals surface area contributed by atoms with Crippen LogP contribution >= 0.6 is 0 Å². The Morgan fingerprint density at radius 2 is 1.70 bits per heavy atom. The monoisotopic (exact) mass is 372 g/mol. The van der Waals surface area contributed by atoms with E-state index in [9.17, 15) is 0 Å². The van der Waals surface area contributed by atoms with E-state index < -0.39 is 0 Å². The molecule has 0 radical (unpaired) electrons. The van der Waals surface area contributed by atoms with Crippen molar-refractivity contribution in [3.8, 4) is 0 Å². The lowest BCUT2D eigenvalue weighted by Crippen LogP contribution is -2.38. The molecule has 0 aromatic heterocycles. The molecule has 2 heterocycles. The van der Waals surface area contributed by atoms with Gasteiger partial charge in [-0.05, 0) is 37.7 Å². The molecule has 2 N–H and O–H groups in total. The lowest BCUT2D eigenvalue weighted by Gasteiger charge is -2.31. The molecule has 0 atom stereocenters. The highest BCUT2D eigenvalue weighted by atomic mass is 16.5. The third-order valence-corrected chi connectivity index (χ3v) is 5.64. The topological polar surface area (TPSA) is 54.1 Å². The summed E-state index contributed by atoms with van der Waals surface area (Å²) in [4.78, 5) is 9.34. The average molecular weight is 373 g/mol. The summed E-state index contributed by atoms with van der Waals surface area (Å²) < 4.78 is 6.08. The summed E-state index contributed by atoms with van der Waals surface area (Å²) in [5.41, 5.74) is 7.55. The van der Waals surface area contributed by atoms with Crippen molar-refractivity contribution in [1.29, 1.82) is 0 Å². The third-order valence-electron chi connectivity index (χ3n) is 5.64. The molecule has 5 nitrogen and oxygen atoms in total. The highest BCUT2D eigenvalue weighted by Crippen LogP contribution is 2.16. The van der Waals surface area contributed by atoms with Crippen molar-refractivity contribution in [2.45, 2.75) is 57.6 Å². The van der Waals surface area contributed by atoms with Gasteiger partial charge in [0.2, 0.25) is 0 Å². The van der Waals surface area contributed by atoms with Crippen molar-refractivity contribution in [2.24, 2.45) is 10.7 Å². The molecule has 2 fully saturated rings. The van der Waals surface area contributed by atoms with Crippen molar-refractivity contribution in [1.82, 2.24) is 9.80 Å². The second-order valence-corrected chi connectivity index (χ2v) is 7.83. The van der Waals surface area contributed by atoms with Gasteiger partial charge in [0, 0.05) is 45.9 Å². The van der Waals surface area contributed by atoms with Crippen molar-refractivity contribution < 1.29 is 4.74 Å². The summed E-state index contributed by atoms with van der Waals surface area (Å²) in [6.07, 6.45) is 8.74. The molecule has 2 saturated heterocycles. The van der Waals surface area contributed by atoms with Gasteiger partial charge in [-0.15, -0.1) is 0 Å². The first kappa shape index (κ1) is 20.2. The quantitative estimate of drug-likeness (QED) is 0.453. The highest BCUT2D eigenvalue weighted by molar-refractivity contribution is 5.78. The first-order valence-electron chi connectivity index (χ1n) is 10.7. The van der Waals surface area contributed by atoms with Gasteiger partial charge in [0.1, 0.15) is 0 Å². The molecular formula is C22H36N4O. The Hall–Kier alpha value is -1.59. The van der Waals surface area contributed by atoms with Gasteiger partial charge >= 0.3 is 0 Å². The van der Waals surface area contributed by atoms with Crippen molar-refractivity contribution >= 4 is 5.96 Å². The minimum Gasteiger partial charge on any atom is -0.378 e. The first-order valence-corrected chi connectivity index (χ1v) is 10.7. The van der Waals surface area contributed by atoms with Crippen LogP contribution in [0.2, 0.25) is 0 Å². The van der Waals surface area contributed by atoms with E-state index in [2.05, 4.69) is 45.1 Å². The van der Waals surface area contributed by atoms with E-state index in [1.54, 1.807) is 0 Å². The van der Waals surface area contributed by atoms with E-state index >= 15 is 0 Å². The van der Waals surface area contributed by atoms with E-state index in [1.165, 1.54) is 31.2 Å². The lowest BCUT2D eigenvalue weighted by molar-refractivity contribution is 0.00565. The average Bonchev–Trinajstić information content (AvgIpc) is 2.99. The predicted octanol–water partition coefficient (Wildman–Crippen LogP) is 3.25. The first-order chi connectivity index (χ1) is 13.3. The number of aliphatic imine (C=N–C) groups is 1. The molecule has 1 aromatic carbocycles. The Kier molecular flexibility index (Phi) is 8.43. The van der Waals surface area contributed by atoms with Crippen LogP contribution in [0.25, 0.3) is 0 Å². The smallest absolute Gasteiger partial charge is 0.191 e. The molecule has 0 amide bonds. The zero-order chi connectivity index (χ0) is 18.7. The molecule has 1 aromatic rings. The molecule has 5 heteroatoms. The van der Waals surface area contributed by atoms with E-state index in [0.29, 0.717) is 6.10 Å². The van der Waals surface area contributed by atoms with Crippen LogP contribution < -0.4 is 5.73 Å². The number of ether oxygens (including phenoxy) is 1. The standard InChI is InChI=1S/C22H36N4O/c23-22(26-14-6-1-2-7-15-26)24-13-8-18-27-21-11-16-25(17-12-21)19-20-9-4-3-5-10-20/h3-5,9-10,21H,1-2,6-8,11-19H2,(H2,23,24). The van der Waals surface area contributed by atoms with Crippen LogP contribution in [0.3, 0.4) is 0 Å². The summed E-state index contributed by atoms with van der Waals surface area (Å²) in [5.74, 6) is 0.728. The maximum absolute atomic E-state index is 6.15. The summed E-state index contributed by atoms with van der Waals surface area (Å²) in [6, 6.07) is 10.7. The van der Waals surface area contributed by atoms with Crippen LogP contribution in [0.5, 0.6) is 0 Å². The number of benzene rings is 1. The molecule has 2 aliphatic rings. The normalized spacial score (nSPS) is 20.6. The van der Waals surface area contributed by atoms with Gasteiger partial charge < -0.3 is 15.4 Å². The van der Waals surface area contributed by atoms with Crippen molar-refractivity contribution in [3.05, 3.63) is 35.9 Å². The largest absolute Gasteiger partial charge is 0.378 e. The fraction of sp³-hybridized carbons (Fsp3) is 0.682. The number of hydrogen-bond acceptors (Lipinski definition) is 3. The van der Waals surface area contributed by atoms with Crippen LogP contribution in [-0.4, -0.2) is 61.2 Å². The SMILES string of the molecule is NC(=NCCCOC1CCN(Cc2ccccc2)CC1)N1CCCCCC1. The van der Waals surface area contributed by atoms with Crippen LogP contribution in [0.15, 0.2) is 35.3 Å². The number of nitrogens with zero attached hydrogens (tertiary/aromatic N) is 3. The highest BCUT2D eigenvalue weighted by Gasteiger charge is 2.19. The van der Waals surface area contributed by atoms with Gasteiger partial charge in [-0.3, -0.25) is 9.89 Å². The summed E-state index contributed by atoms with van der Waals surface area (Å²) >= 11 is 0. The number of rotatable bonds is 7. The summed E-state index contributed by atoms with van der Waals surface area (Å²) in [5, 5.41) is 0. The molecule has 0 aliphatic carbocycles. The Morgan fingerprint density at radius 1 is 1.00 bits per heavy atom. The summed E-state index contributed by atoms with van der Waals surface area (Å²) in [6.45, 7) is 6.99. The van der Waals surface area contributed by atoms with Crippen molar-refractivity contribution in [3.63, 3.8) is 0 Å². The minimum atomic E-state index is 0.406. The Morgan fingerprint density at radius 3 is 2.41 bits per heavy atom. The van der Waals surface area contributed by atoms with E-state index in [0.717, 1.165) is 71.1 Å². The molecule has 2 aliphatic heterocycles. The number of piperidine rings is 1. The fourth-order valence-electron chi connectivity index (χ4n) is 3.98. The van der Waals surface area contributed by atoms with Gasteiger partial charge in [-0.2, -0.15) is 0 Å². The molecule has 150 valence electrons. The third kappa shape index (κ3) is 7.15. The molecule has 0 unspecified atom stereocenters. The van der Waals surface area contributed by atoms with E-state index in [4.69, 9.17) is 10.5 Å². The number of hydrogen-bond donors (Lipinski definition) is 1. The van der Waals surface area contributed by atoms with Crippen LogP contribution in [0.1, 0.15) is 50.5 Å². The molecule has 0 saturated carbocycles. The van der Waals surface area contributed by atoms with Crippen LogP contribution in [0.4, 0.5) is 0 Å². The van der Waals surface area contributed by atoms with E-state index in [-0.39, 0.29) is 0 Å². The Balaban J connectivity index is 1.26. The Bertz CT molecular complexity index is 547. The minimum absolute atomic E-state index is 0.406. The van der Waals surface area contributed by atoms with Crippen LogP contribution in [-0.2, 0) is 11.3 Å². The second kappa shape index (κ2) is 11.3. The molecule has 0 bridgehead atoms. The van der Waals surface area contributed by atoms with Gasteiger partial charge in [-0.1, -0.05) is 43.2 Å². The van der Waals surface area contributed by atoms with Gasteiger partial charge in [0.05, 0.1) is 6.10 Å². The number of guanidine groups is 1. The number of nitrogens with two attached hydrogens (primary N) is 1. The van der Waals surface area contributed by atoms with Crippen molar-refractivity contribution in [2.75, 3.05) is 39.3 Å². The van der Waals surface area contributed by atoms with Gasteiger partial charge in [-0.25, -0.2) is 0 Å². The van der Waals surface area contributed by atoms with E-state index in [1.807, 2.05) is 0 Å². The Labute approximate surface area is 164 Å². The maximum atomic E-state index is 6.15. The molecule has 27 heavy (non-hydrogen) atoms. The summed E-state index contributed by atoms with van der Waals surface area (Å²) in [7, 11) is 0. The van der Waals surface area contributed by atoms with Gasteiger partial charge in [0.15, 0.2) is 5.96 Å². The van der Waals surface area contributed by atoms with Gasteiger partial charge in [0.25, 0.3) is 0 Å². The number of likely N-dealkylation sites (tertiary alicyclic amines) is 2. The zero-order valence-corrected chi connectivity index (χ0v) is 16.7. The lowest BCUT2D eigenvalue weighted by atomic mass is 10.1. The fourth-order valence-corrected chi connectivity index (χ4v) is 3.98. The molecular weight excluding hydrogens is 336 g/mol. The maximum Gasteiger partial charge on any atom is 0.191 e. The predicted molar refractivity (Wildman–Crippen MR) is 112 cm³/mol. The second-order valence-electron chi connectivity index (χ2n) is 7.83. The zero-order valence-electron chi connectivity index (χ0n) is 16.7. The molecule has 0 spiro atoms. The van der Waals surface area contributed by atoms with Crippen LogP contribution in [0, 0.1) is 0 Å².